The number of rotatable bonds is 5. The van der Waals surface area contributed by atoms with Crippen molar-refractivity contribution in [1.29, 1.82) is 0 Å². The smallest absolute Gasteiger partial charge is 0.340 e. The van der Waals surface area contributed by atoms with Crippen molar-refractivity contribution in [3.8, 4) is 17.2 Å². The Hall–Kier alpha value is -2.95. The first-order valence-corrected chi connectivity index (χ1v) is 8.31. The summed E-state index contributed by atoms with van der Waals surface area (Å²) in [5.74, 6) is 0.519. The highest BCUT2D eigenvalue weighted by Crippen LogP contribution is 2.32. The predicted molar refractivity (Wildman–Crippen MR) is 96.8 cm³/mol. The molecule has 1 heterocycles. The van der Waals surface area contributed by atoms with Gasteiger partial charge in [0.05, 0.1) is 24.3 Å². The summed E-state index contributed by atoms with van der Waals surface area (Å²) in [5, 5.41) is 10.5. The van der Waals surface area contributed by atoms with Gasteiger partial charge >= 0.3 is 5.97 Å². The van der Waals surface area contributed by atoms with Crippen LogP contribution in [0.1, 0.15) is 29.9 Å². The van der Waals surface area contributed by atoms with Gasteiger partial charge in [0.25, 0.3) is 0 Å². The maximum absolute atomic E-state index is 12.4. The van der Waals surface area contributed by atoms with Crippen molar-refractivity contribution in [3.63, 3.8) is 0 Å². The van der Waals surface area contributed by atoms with E-state index in [4.69, 9.17) is 9.47 Å². The van der Waals surface area contributed by atoms with Gasteiger partial charge in [-0.1, -0.05) is 0 Å². The van der Waals surface area contributed by atoms with E-state index in [0.29, 0.717) is 24.2 Å². The molecule has 0 fully saturated rings. The van der Waals surface area contributed by atoms with Crippen LogP contribution in [0.2, 0.25) is 0 Å². The van der Waals surface area contributed by atoms with Crippen LogP contribution in [0.3, 0.4) is 0 Å². The molecule has 0 saturated carbocycles. The number of ether oxygens (including phenoxy) is 2. The molecule has 0 unspecified atom stereocenters. The number of hydrogen-bond donors (Lipinski definition) is 1. The van der Waals surface area contributed by atoms with Gasteiger partial charge in [0.1, 0.15) is 11.5 Å². The molecule has 0 radical (unpaired) electrons. The van der Waals surface area contributed by atoms with E-state index in [9.17, 15) is 9.90 Å². The second kappa shape index (κ2) is 6.89. The topological polar surface area (TPSA) is 60.7 Å². The van der Waals surface area contributed by atoms with Gasteiger partial charge in [-0.15, -0.1) is 0 Å². The van der Waals surface area contributed by atoms with Gasteiger partial charge in [0, 0.05) is 16.8 Å². The van der Waals surface area contributed by atoms with Crippen LogP contribution in [0.15, 0.2) is 42.5 Å². The van der Waals surface area contributed by atoms with Gasteiger partial charge in [0.2, 0.25) is 0 Å². The molecule has 3 rings (SSSR count). The Kier molecular flexibility index (Phi) is 4.65. The summed E-state index contributed by atoms with van der Waals surface area (Å²) in [7, 11) is 0. The zero-order valence-electron chi connectivity index (χ0n) is 14.6. The highest BCUT2D eigenvalue weighted by atomic mass is 16.5. The Bertz CT molecular complexity index is 910. The van der Waals surface area contributed by atoms with Crippen molar-refractivity contribution in [2.24, 2.45) is 0 Å². The van der Waals surface area contributed by atoms with E-state index in [1.165, 1.54) is 0 Å². The van der Waals surface area contributed by atoms with E-state index in [1.54, 1.807) is 25.1 Å². The fraction of sp³-hybridized carbons (Fsp3) is 0.250. The lowest BCUT2D eigenvalue weighted by Crippen LogP contribution is -2.07. The molecule has 1 aromatic heterocycles. The average Bonchev–Trinajstić information content (AvgIpc) is 2.87. The maximum Gasteiger partial charge on any atom is 0.340 e. The summed E-state index contributed by atoms with van der Waals surface area (Å²) in [6.45, 7) is 6.50. The van der Waals surface area contributed by atoms with Crippen LogP contribution in [0, 0.1) is 6.92 Å². The molecule has 0 spiro atoms. The normalized spacial score (nSPS) is 10.8. The van der Waals surface area contributed by atoms with Crippen molar-refractivity contribution in [3.05, 3.63) is 53.7 Å². The number of carbonyl (C=O) groups is 1. The van der Waals surface area contributed by atoms with E-state index >= 15 is 0 Å². The summed E-state index contributed by atoms with van der Waals surface area (Å²) in [6, 6.07) is 12.7. The van der Waals surface area contributed by atoms with E-state index in [0.717, 1.165) is 22.6 Å². The van der Waals surface area contributed by atoms with Crippen LogP contribution in [-0.4, -0.2) is 28.9 Å². The predicted octanol–water partition coefficient (Wildman–Crippen LogP) is 4.22. The average molecular weight is 339 g/mol. The molecule has 0 aliphatic heterocycles. The summed E-state index contributed by atoms with van der Waals surface area (Å²) in [4.78, 5) is 12.4. The highest BCUT2D eigenvalue weighted by Gasteiger charge is 2.22. The number of nitrogens with zero attached hydrogens (tertiary/aromatic N) is 1. The molecule has 0 bridgehead atoms. The standard InChI is InChI=1S/C20H21NO4/c1-4-24-16-9-6-14(7-10-16)21-13(3)19(20(23)25-5-2)17-12-15(22)8-11-18(17)21/h6-12,22H,4-5H2,1-3H3. The largest absolute Gasteiger partial charge is 0.508 e. The molecule has 0 amide bonds. The number of esters is 1. The number of phenolic OH excluding ortho intramolecular Hbond substituents is 1. The third kappa shape index (κ3) is 3.05. The molecule has 130 valence electrons. The number of carbonyl (C=O) groups excluding carboxylic acids is 1. The van der Waals surface area contributed by atoms with Crippen LogP contribution in [0.25, 0.3) is 16.6 Å². The SMILES string of the molecule is CCOC(=O)c1c(C)n(-c2ccc(OCC)cc2)c2ccc(O)cc12. The van der Waals surface area contributed by atoms with Gasteiger partial charge in [-0.05, 0) is 63.2 Å². The van der Waals surface area contributed by atoms with Crippen LogP contribution in [0.4, 0.5) is 0 Å². The van der Waals surface area contributed by atoms with Crippen molar-refractivity contribution < 1.29 is 19.4 Å². The lowest BCUT2D eigenvalue weighted by atomic mass is 10.1. The fourth-order valence-corrected chi connectivity index (χ4v) is 3.06. The second-order valence-corrected chi connectivity index (χ2v) is 5.64. The molecule has 5 nitrogen and oxygen atoms in total. The Morgan fingerprint density at radius 2 is 1.80 bits per heavy atom. The quantitative estimate of drug-likeness (QED) is 0.707. The molecule has 3 aromatic rings. The molecule has 25 heavy (non-hydrogen) atoms. The Balaban J connectivity index is 2.21. The second-order valence-electron chi connectivity index (χ2n) is 5.64. The van der Waals surface area contributed by atoms with Crippen molar-refractivity contribution in [2.45, 2.75) is 20.8 Å². The van der Waals surface area contributed by atoms with Crippen LogP contribution in [-0.2, 0) is 4.74 Å². The number of phenols is 1. The number of benzene rings is 2. The van der Waals surface area contributed by atoms with Crippen molar-refractivity contribution >= 4 is 16.9 Å². The zero-order valence-corrected chi connectivity index (χ0v) is 14.6. The highest BCUT2D eigenvalue weighted by molar-refractivity contribution is 6.07. The summed E-state index contributed by atoms with van der Waals surface area (Å²) < 4.78 is 12.7. The summed E-state index contributed by atoms with van der Waals surface area (Å²) >= 11 is 0. The molecule has 2 aromatic carbocycles. The lowest BCUT2D eigenvalue weighted by Gasteiger charge is -2.10. The summed E-state index contributed by atoms with van der Waals surface area (Å²) in [5.41, 5.74) is 2.99. The third-order valence-corrected chi connectivity index (χ3v) is 4.07. The lowest BCUT2D eigenvalue weighted by molar-refractivity contribution is 0.0527. The first kappa shape index (κ1) is 16.9. The van der Waals surface area contributed by atoms with E-state index in [2.05, 4.69) is 0 Å². The number of aromatic hydroxyl groups is 1. The number of fused-ring (bicyclic) bond motifs is 1. The maximum atomic E-state index is 12.4. The van der Waals surface area contributed by atoms with Crippen molar-refractivity contribution in [2.75, 3.05) is 13.2 Å². The molecule has 0 saturated heterocycles. The number of aromatic nitrogens is 1. The van der Waals surface area contributed by atoms with Gasteiger partial charge in [-0.2, -0.15) is 0 Å². The molecule has 0 atom stereocenters. The van der Waals surface area contributed by atoms with Crippen molar-refractivity contribution in [1.82, 2.24) is 4.57 Å². The Morgan fingerprint density at radius 3 is 2.44 bits per heavy atom. The minimum atomic E-state index is -0.389. The van der Waals surface area contributed by atoms with Gasteiger partial charge in [0.15, 0.2) is 0 Å². The van der Waals surface area contributed by atoms with Gasteiger partial charge < -0.3 is 19.1 Å². The third-order valence-electron chi connectivity index (χ3n) is 4.07. The molecular formula is C20H21NO4. The van der Waals surface area contributed by atoms with Gasteiger partial charge in [-0.25, -0.2) is 4.79 Å². The van der Waals surface area contributed by atoms with Gasteiger partial charge in [-0.3, -0.25) is 0 Å². The zero-order chi connectivity index (χ0) is 18.0. The Labute approximate surface area is 146 Å². The molecular weight excluding hydrogens is 318 g/mol. The molecule has 1 N–H and O–H groups in total. The van der Waals surface area contributed by atoms with E-state index < -0.39 is 0 Å². The number of hydrogen-bond acceptors (Lipinski definition) is 4. The van der Waals surface area contributed by atoms with Crippen LogP contribution >= 0.6 is 0 Å². The molecule has 0 aliphatic rings. The molecule has 5 heteroatoms. The van der Waals surface area contributed by atoms with E-state index in [-0.39, 0.29) is 11.7 Å². The Morgan fingerprint density at radius 1 is 1.08 bits per heavy atom. The van der Waals surface area contributed by atoms with Crippen LogP contribution < -0.4 is 4.74 Å². The monoisotopic (exact) mass is 339 g/mol. The first-order chi connectivity index (χ1) is 12.1. The van der Waals surface area contributed by atoms with E-state index in [1.807, 2.05) is 42.7 Å². The van der Waals surface area contributed by atoms with Crippen LogP contribution in [0.5, 0.6) is 11.5 Å². The summed E-state index contributed by atoms with van der Waals surface area (Å²) in [6.07, 6.45) is 0. The fourth-order valence-electron chi connectivity index (χ4n) is 3.06. The molecule has 0 aliphatic carbocycles. The minimum absolute atomic E-state index is 0.113. The minimum Gasteiger partial charge on any atom is -0.508 e. The first-order valence-electron chi connectivity index (χ1n) is 8.31.